The molecule has 1 N–H and O–H groups in total. The van der Waals surface area contributed by atoms with Crippen LogP contribution in [0.15, 0.2) is 29.2 Å². The number of hydrogen-bond acceptors (Lipinski definition) is 4. The second kappa shape index (κ2) is 4.72. The molecule has 2 rings (SSSR count). The van der Waals surface area contributed by atoms with Crippen LogP contribution in [0.4, 0.5) is 4.39 Å². The van der Waals surface area contributed by atoms with Crippen LogP contribution in [0, 0.1) is 5.82 Å². The maximum Gasteiger partial charge on any atom is 0.186 e. The van der Waals surface area contributed by atoms with Gasteiger partial charge in [0.15, 0.2) is 9.84 Å². The highest BCUT2D eigenvalue weighted by Crippen LogP contribution is 2.23. The maximum atomic E-state index is 13.0. The van der Waals surface area contributed by atoms with Gasteiger partial charge in [-0.1, -0.05) is 6.07 Å². The van der Waals surface area contributed by atoms with E-state index in [1.165, 1.54) is 18.2 Å². The van der Waals surface area contributed by atoms with Gasteiger partial charge in [-0.15, -0.1) is 0 Å². The van der Waals surface area contributed by atoms with Crippen LogP contribution in [0.2, 0.25) is 0 Å². The van der Waals surface area contributed by atoms with E-state index in [2.05, 4.69) is 0 Å². The number of halogens is 1. The van der Waals surface area contributed by atoms with Crippen molar-refractivity contribution in [2.24, 2.45) is 0 Å². The molecule has 17 heavy (non-hydrogen) atoms. The van der Waals surface area contributed by atoms with Gasteiger partial charge in [0.25, 0.3) is 0 Å². The van der Waals surface area contributed by atoms with Crippen LogP contribution >= 0.6 is 0 Å². The molecule has 4 nitrogen and oxygen atoms in total. The summed E-state index contributed by atoms with van der Waals surface area (Å²) in [5.74, 6) is -0.614. The first-order chi connectivity index (χ1) is 8.01. The average Bonchev–Trinajstić information content (AvgIpc) is 2.29. The SMILES string of the molecule is O=S(=O)(c1cccc(F)c1)C1COCCC1O. The zero-order valence-electron chi connectivity index (χ0n) is 9.04. The fourth-order valence-electron chi connectivity index (χ4n) is 1.82. The third kappa shape index (κ3) is 2.48. The van der Waals surface area contributed by atoms with Crippen molar-refractivity contribution in [3.63, 3.8) is 0 Å². The predicted molar refractivity (Wildman–Crippen MR) is 58.8 cm³/mol. The number of hydrogen-bond donors (Lipinski definition) is 1. The van der Waals surface area contributed by atoms with Gasteiger partial charge in [-0.2, -0.15) is 0 Å². The average molecular weight is 260 g/mol. The zero-order chi connectivity index (χ0) is 12.5. The fourth-order valence-corrected chi connectivity index (χ4v) is 3.54. The lowest BCUT2D eigenvalue weighted by molar-refractivity contribution is 0.0175. The Balaban J connectivity index is 2.35. The number of sulfone groups is 1. The summed E-state index contributed by atoms with van der Waals surface area (Å²) in [6.45, 7) is 0.288. The minimum Gasteiger partial charge on any atom is -0.392 e. The van der Waals surface area contributed by atoms with E-state index in [-0.39, 0.29) is 17.9 Å². The number of rotatable bonds is 2. The standard InChI is InChI=1S/C11H13FO4S/c12-8-2-1-3-9(6-8)17(14,15)11-7-16-5-4-10(11)13/h1-3,6,10-11,13H,4-5,7H2. The highest BCUT2D eigenvalue weighted by molar-refractivity contribution is 7.92. The summed E-state index contributed by atoms with van der Waals surface area (Å²) in [6, 6.07) is 4.78. The van der Waals surface area contributed by atoms with Crippen molar-refractivity contribution < 1.29 is 22.7 Å². The molecule has 0 amide bonds. The first kappa shape index (κ1) is 12.5. The Bertz CT molecular complexity index is 500. The molecule has 0 bridgehead atoms. The molecule has 0 radical (unpaired) electrons. The van der Waals surface area contributed by atoms with E-state index in [1.807, 2.05) is 0 Å². The van der Waals surface area contributed by atoms with Crippen molar-refractivity contribution in [3.8, 4) is 0 Å². The van der Waals surface area contributed by atoms with E-state index in [1.54, 1.807) is 0 Å². The summed E-state index contributed by atoms with van der Waals surface area (Å²) in [6.07, 6.45) is -0.684. The molecule has 1 fully saturated rings. The molecular formula is C11H13FO4S. The minimum atomic E-state index is -3.75. The molecule has 6 heteroatoms. The Labute approximate surface area is 98.9 Å². The number of ether oxygens (including phenoxy) is 1. The Morgan fingerprint density at radius 3 is 2.82 bits per heavy atom. The molecule has 0 aliphatic carbocycles. The van der Waals surface area contributed by atoms with Crippen molar-refractivity contribution in [1.82, 2.24) is 0 Å². The van der Waals surface area contributed by atoms with Crippen LogP contribution in [0.3, 0.4) is 0 Å². The van der Waals surface area contributed by atoms with Crippen LogP contribution in [0.5, 0.6) is 0 Å². The first-order valence-electron chi connectivity index (χ1n) is 5.27. The van der Waals surface area contributed by atoms with E-state index in [0.29, 0.717) is 6.61 Å². The molecule has 1 saturated heterocycles. The summed E-state index contributed by atoms with van der Waals surface area (Å²) >= 11 is 0. The Hall–Kier alpha value is -0.980. The van der Waals surface area contributed by atoms with E-state index in [4.69, 9.17) is 4.74 Å². The molecule has 0 saturated carbocycles. The van der Waals surface area contributed by atoms with E-state index < -0.39 is 27.0 Å². The number of benzene rings is 1. The maximum absolute atomic E-state index is 13.0. The molecule has 94 valence electrons. The molecule has 1 aliphatic heterocycles. The van der Waals surface area contributed by atoms with Gasteiger partial charge in [0.05, 0.1) is 17.6 Å². The van der Waals surface area contributed by atoms with Gasteiger partial charge >= 0.3 is 0 Å². The van der Waals surface area contributed by atoms with Crippen LogP contribution in [-0.4, -0.2) is 38.1 Å². The van der Waals surface area contributed by atoms with Crippen LogP contribution in [0.1, 0.15) is 6.42 Å². The molecule has 1 aromatic carbocycles. The minimum absolute atomic E-state index is 0.0555. The fraction of sp³-hybridized carbons (Fsp3) is 0.455. The van der Waals surface area contributed by atoms with Crippen LogP contribution in [-0.2, 0) is 14.6 Å². The molecule has 1 aromatic rings. The lowest BCUT2D eigenvalue weighted by Crippen LogP contribution is -2.42. The van der Waals surface area contributed by atoms with Gasteiger partial charge in [0, 0.05) is 6.61 Å². The molecule has 2 atom stereocenters. The second-order valence-electron chi connectivity index (χ2n) is 3.97. The summed E-state index contributed by atoms with van der Waals surface area (Å²) in [5.41, 5.74) is 0. The molecular weight excluding hydrogens is 247 g/mol. The number of aliphatic hydroxyl groups is 1. The molecule has 1 heterocycles. The molecule has 0 aromatic heterocycles. The highest BCUT2D eigenvalue weighted by atomic mass is 32.2. The van der Waals surface area contributed by atoms with Gasteiger partial charge in [0.1, 0.15) is 11.1 Å². The Kier molecular flexibility index (Phi) is 3.46. The van der Waals surface area contributed by atoms with Crippen LogP contribution < -0.4 is 0 Å². The van der Waals surface area contributed by atoms with Gasteiger partial charge in [-0.3, -0.25) is 0 Å². The summed E-state index contributed by atoms with van der Waals surface area (Å²) in [4.78, 5) is -0.118. The van der Waals surface area contributed by atoms with Crippen molar-refractivity contribution in [2.45, 2.75) is 22.7 Å². The van der Waals surface area contributed by atoms with Crippen molar-refractivity contribution in [3.05, 3.63) is 30.1 Å². The molecule has 0 spiro atoms. The normalized spacial score (nSPS) is 25.8. The summed E-state index contributed by atoms with van der Waals surface area (Å²) in [5, 5.41) is 8.67. The van der Waals surface area contributed by atoms with Gasteiger partial charge in [-0.25, -0.2) is 12.8 Å². The second-order valence-corrected chi connectivity index (χ2v) is 6.14. The Morgan fingerprint density at radius 2 is 2.18 bits per heavy atom. The van der Waals surface area contributed by atoms with E-state index in [0.717, 1.165) is 6.07 Å². The van der Waals surface area contributed by atoms with Crippen LogP contribution in [0.25, 0.3) is 0 Å². The smallest absolute Gasteiger partial charge is 0.186 e. The van der Waals surface area contributed by atoms with Crippen molar-refractivity contribution >= 4 is 9.84 Å². The van der Waals surface area contributed by atoms with Crippen molar-refractivity contribution in [2.75, 3.05) is 13.2 Å². The number of aliphatic hydroxyl groups excluding tert-OH is 1. The molecule has 2 unspecified atom stereocenters. The monoisotopic (exact) mass is 260 g/mol. The van der Waals surface area contributed by atoms with Gasteiger partial charge < -0.3 is 9.84 Å². The summed E-state index contributed by atoms with van der Waals surface area (Å²) in [7, 11) is -3.75. The van der Waals surface area contributed by atoms with E-state index >= 15 is 0 Å². The molecule has 1 aliphatic rings. The third-order valence-electron chi connectivity index (χ3n) is 2.79. The van der Waals surface area contributed by atoms with Gasteiger partial charge in [0.2, 0.25) is 0 Å². The van der Waals surface area contributed by atoms with E-state index in [9.17, 15) is 17.9 Å². The topological polar surface area (TPSA) is 63.6 Å². The Morgan fingerprint density at radius 1 is 1.41 bits per heavy atom. The lowest BCUT2D eigenvalue weighted by Gasteiger charge is -2.27. The first-order valence-corrected chi connectivity index (χ1v) is 6.82. The van der Waals surface area contributed by atoms with Crippen molar-refractivity contribution in [1.29, 1.82) is 0 Å². The zero-order valence-corrected chi connectivity index (χ0v) is 9.86. The largest absolute Gasteiger partial charge is 0.392 e. The highest BCUT2D eigenvalue weighted by Gasteiger charge is 2.36. The van der Waals surface area contributed by atoms with Gasteiger partial charge in [-0.05, 0) is 24.6 Å². The quantitative estimate of drug-likeness (QED) is 0.852. The predicted octanol–water partition coefficient (Wildman–Crippen LogP) is 0.749. The lowest BCUT2D eigenvalue weighted by atomic mass is 10.1. The third-order valence-corrected chi connectivity index (χ3v) is 4.95. The summed E-state index contributed by atoms with van der Waals surface area (Å²) < 4.78 is 42.3.